The Labute approximate surface area is 131 Å². The van der Waals surface area contributed by atoms with Crippen LogP contribution in [-0.2, 0) is 0 Å². The second-order valence-electron chi connectivity index (χ2n) is 5.00. The maximum absolute atomic E-state index is 12.2. The van der Waals surface area contributed by atoms with Gasteiger partial charge in [0.15, 0.2) is 5.76 Å². The lowest BCUT2D eigenvalue weighted by Crippen LogP contribution is -2.17. The lowest BCUT2D eigenvalue weighted by atomic mass is 10.1. The topological polar surface area (TPSA) is 95.1 Å². The van der Waals surface area contributed by atoms with E-state index in [0.717, 1.165) is 0 Å². The van der Waals surface area contributed by atoms with Crippen molar-refractivity contribution < 1.29 is 19.4 Å². The van der Waals surface area contributed by atoms with E-state index < -0.39 is 5.91 Å². The number of benzene rings is 2. The van der Waals surface area contributed by atoms with E-state index >= 15 is 0 Å². The number of carbonyl (C=O) groups is 1. The van der Waals surface area contributed by atoms with Gasteiger partial charge in [-0.3, -0.25) is 4.79 Å². The fraction of sp³-hybridized carbons (Fsp3) is 0.0588. The molecular formula is C17H14N2O4. The third-order valence-corrected chi connectivity index (χ3v) is 3.39. The molecule has 116 valence electrons. The number of hydrazone groups is 1. The Balaban J connectivity index is 1.81. The molecule has 0 aliphatic heterocycles. The highest BCUT2D eigenvalue weighted by molar-refractivity contribution is 6.00. The zero-order chi connectivity index (χ0) is 16.4. The summed E-state index contributed by atoms with van der Waals surface area (Å²) in [4.78, 5) is 12.2. The number of hydrogen-bond acceptors (Lipinski definition) is 5. The largest absolute Gasteiger partial charge is 0.508 e. The summed E-state index contributed by atoms with van der Waals surface area (Å²) in [6, 6.07) is 11.3. The molecule has 3 aromatic rings. The second-order valence-corrected chi connectivity index (χ2v) is 5.00. The van der Waals surface area contributed by atoms with Gasteiger partial charge in [-0.1, -0.05) is 18.2 Å². The van der Waals surface area contributed by atoms with Gasteiger partial charge in [0.1, 0.15) is 17.1 Å². The molecule has 6 nitrogen and oxygen atoms in total. The second kappa shape index (κ2) is 5.84. The van der Waals surface area contributed by atoms with Gasteiger partial charge in [-0.05, 0) is 36.8 Å². The van der Waals surface area contributed by atoms with Gasteiger partial charge in [0, 0.05) is 5.56 Å². The molecule has 1 aromatic heterocycles. The number of fused-ring (bicyclic) bond motifs is 1. The van der Waals surface area contributed by atoms with E-state index in [1.54, 1.807) is 37.3 Å². The van der Waals surface area contributed by atoms with Crippen molar-refractivity contribution in [3.63, 3.8) is 0 Å². The smallest absolute Gasteiger partial charge is 0.307 e. The number of rotatable bonds is 3. The first kappa shape index (κ1) is 14.6. The molecule has 1 heterocycles. The number of phenolic OH excluding ortho intramolecular Hbond substituents is 2. The zero-order valence-electron chi connectivity index (χ0n) is 12.3. The first-order valence-corrected chi connectivity index (χ1v) is 6.90. The molecule has 0 atom stereocenters. The molecule has 0 saturated heterocycles. The third-order valence-electron chi connectivity index (χ3n) is 3.39. The quantitative estimate of drug-likeness (QED) is 0.512. The van der Waals surface area contributed by atoms with Gasteiger partial charge < -0.3 is 14.6 Å². The summed E-state index contributed by atoms with van der Waals surface area (Å²) in [7, 11) is 0. The molecule has 0 aliphatic rings. The minimum atomic E-state index is -0.519. The summed E-state index contributed by atoms with van der Waals surface area (Å²) in [6.45, 7) is 1.69. The highest BCUT2D eigenvalue weighted by Gasteiger charge is 2.19. The molecule has 0 aliphatic carbocycles. The molecule has 0 saturated carbocycles. The van der Waals surface area contributed by atoms with Gasteiger partial charge in [0.2, 0.25) is 0 Å². The van der Waals surface area contributed by atoms with Crippen LogP contribution in [0.25, 0.3) is 11.0 Å². The minimum absolute atomic E-state index is 0.0612. The van der Waals surface area contributed by atoms with Gasteiger partial charge in [-0.15, -0.1) is 0 Å². The maximum Gasteiger partial charge on any atom is 0.307 e. The molecule has 0 fully saturated rings. The van der Waals surface area contributed by atoms with Crippen molar-refractivity contribution in [1.29, 1.82) is 0 Å². The van der Waals surface area contributed by atoms with E-state index in [1.165, 1.54) is 18.3 Å². The molecule has 1 amide bonds. The number of aryl methyl sites for hydroxylation is 1. The highest BCUT2D eigenvalue weighted by atomic mass is 16.3. The monoisotopic (exact) mass is 310 g/mol. The van der Waals surface area contributed by atoms with Crippen LogP contribution in [0.1, 0.15) is 21.7 Å². The van der Waals surface area contributed by atoms with E-state index in [9.17, 15) is 15.0 Å². The van der Waals surface area contributed by atoms with Crippen LogP contribution in [-0.4, -0.2) is 22.3 Å². The van der Waals surface area contributed by atoms with Gasteiger partial charge in [-0.25, -0.2) is 5.43 Å². The average molecular weight is 310 g/mol. The van der Waals surface area contributed by atoms with Gasteiger partial charge >= 0.3 is 5.91 Å². The standard InChI is InChI=1S/C17H14N2O4/c1-10-15-13(21)6-3-7-14(15)23-16(10)17(22)19-18-9-11-4-2-5-12(20)8-11/h2-9,20-21H,1H3,(H,19,22)/b18-9-. The number of furan rings is 1. The van der Waals surface area contributed by atoms with Crippen LogP contribution < -0.4 is 5.43 Å². The van der Waals surface area contributed by atoms with Crippen LogP contribution in [0.15, 0.2) is 52.0 Å². The van der Waals surface area contributed by atoms with Crippen LogP contribution in [0.3, 0.4) is 0 Å². The zero-order valence-corrected chi connectivity index (χ0v) is 12.3. The molecule has 23 heavy (non-hydrogen) atoms. The molecule has 0 spiro atoms. The molecule has 0 bridgehead atoms. The van der Waals surface area contributed by atoms with Crippen LogP contribution in [0, 0.1) is 6.92 Å². The Morgan fingerprint density at radius 1 is 1.22 bits per heavy atom. The van der Waals surface area contributed by atoms with Crippen molar-refractivity contribution in [2.24, 2.45) is 5.10 Å². The Morgan fingerprint density at radius 3 is 2.74 bits per heavy atom. The van der Waals surface area contributed by atoms with Crippen molar-refractivity contribution in [1.82, 2.24) is 5.43 Å². The number of phenols is 2. The fourth-order valence-corrected chi connectivity index (χ4v) is 2.32. The van der Waals surface area contributed by atoms with Crippen molar-refractivity contribution in [3.8, 4) is 11.5 Å². The van der Waals surface area contributed by atoms with E-state index in [0.29, 0.717) is 22.1 Å². The van der Waals surface area contributed by atoms with E-state index in [1.807, 2.05) is 0 Å². The number of nitrogens with one attached hydrogen (secondary N) is 1. The number of aromatic hydroxyl groups is 2. The van der Waals surface area contributed by atoms with E-state index in [4.69, 9.17) is 4.42 Å². The predicted octanol–water partition coefficient (Wildman–Crippen LogP) is 2.92. The Kier molecular flexibility index (Phi) is 3.72. The van der Waals surface area contributed by atoms with Crippen LogP contribution in [0.5, 0.6) is 11.5 Å². The lowest BCUT2D eigenvalue weighted by Gasteiger charge is -1.98. The maximum atomic E-state index is 12.2. The first-order valence-electron chi connectivity index (χ1n) is 6.90. The summed E-state index contributed by atoms with van der Waals surface area (Å²) in [5.41, 5.74) is 3.98. The van der Waals surface area contributed by atoms with Crippen LogP contribution in [0.4, 0.5) is 0 Å². The Hall–Kier alpha value is -3.28. The number of nitrogens with zero attached hydrogens (tertiary/aromatic N) is 1. The summed E-state index contributed by atoms with van der Waals surface area (Å²) in [5, 5.41) is 23.6. The summed E-state index contributed by atoms with van der Waals surface area (Å²) in [6.07, 6.45) is 1.41. The summed E-state index contributed by atoms with van der Waals surface area (Å²) < 4.78 is 5.48. The average Bonchev–Trinajstić information content (AvgIpc) is 2.86. The normalized spacial score (nSPS) is 11.2. The van der Waals surface area contributed by atoms with Gasteiger partial charge in [-0.2, -0.15) is 5.10 Å². The van der Waals surface area contributed by atoms with Crippen molar-refractivity contribution in [2.75, 3.05) is 0 Å². The molecule has 0 unspecified atom stereocenters. The molecule has 3 N–H and O–H groups in total. The third kappa shape index (κ3) is 2.87. The molecule has 3 rings (SSSR count). The van der Waals surface area contributed by atoms with E-state index in [-0.39, 0.29) is 17.3 Å². The van der Waals surface area contributed by atoms with Crippen molar-refractivity contribution in [2.45, 2.75) is 6.92 Å². The molecule has 0 radical (unpaired) electrons. The minimum Gasteiger partial charge on any atom is -0.508 e. The molecular weight excluding hydrogens is 296 g/mol. The molecule has 6 heteroatoms. The summed E-state index contributed by atoms with van der Waals surface area (Å²) >= 11 is 0. The SMILES string of the molecule is Cc1c(C(=O)N/N=C\c2cccc(O)c2)oc2cccc(O)c12. The number of carbonyl (C=O) groups excluding carboxylic acids is 1. The van der Waals surface area contributed by atoms with Gasteiger partial charge in [0.25, 0.3) is 0 Å². The van der Waals surface area contributed by atoms with Crippen molar-refractivity contribution >= 4 is 23.1 Å². The van der Waals surface area contributed by atoms with Crippen molar-refractivity contribution in [3.05, 3.63) is 59.4 Å². The number of amides is 1. The predicted molar refractivity (Wildman–Crippen MR) is 85.8 cm³/mol. The Bertz CT molecular complexity index is 912. The highest BCUT2D eigenvalue weighted by Crippen LogP contribution is 2.32. The number of hydrogen-bond donors (Lipinski definition) is 3. The van der Waals surface area contributed by atoms with E-state index in [2.05, 4.69) is 10.5 Å². The van der Waals surface area contributed by atoms with Crippen LogP contribution in [0.2, 0.25) is 0 Å². The molecule has 2 aromatic carbocycles. The first-order chi connectivity index (χ1) is 11.1. The summed E-state index contributed by atoms with van der Waals surface area (Å²) in [5.74, 6) is -0.251. The van der Waals surface area contributed by atoms with Gasteiger partial charge in [0.05, 0.1) is 11.6 Å². The lowest BCUT2D eigenvalue weighted by molar-refractivity contribution is 0.0929. The Morgan fingerprint density at radius 2 is 2.00 bits per heavy atom. The fourth-order valence-electron chi connectivity index (χ4n) is 2.32. The van der Waals surface area contributed by atoms with Crippen LogP contribution >= 0.6 is 0 Å².